The number of rotatable bonds is 4. The minimum atomic E-state index is -0.164. The second-order valence-electron chi connectivity index (χ2n) is 4.70. The Morgan fingerprint density at radius 2 is 1.86 bits per heavy atom. The van der Waals surface area contributed by atoms with E-state index in [2.05, 4.69) is 21.1 Å². The topological polar surface area (TPSA) is 55.5 Å². The number of ether oxygens (including phenoxy) is 1. The van der Waals surface area contributed by atoms with Crippen LogP contribution < -0.4 is 4.74 Å². The number of aliphatic hydroxyl groups excluding tert-OH is 1. The number of benzene rings is 2. The maximum absolute atomic E-state index is 9.78. The highest BCUT2D eigenvalue weighted by molar-refractivity contribution is 9.10. The molecule has 3 aromatic rings. The van der Waals surface area contributed by atoms with Gasteiger partial charge in [0, 0.05) is 10.0 Å². The van der Waals surface area contributed by atoms with Crippen LogP contribution in [0.25, 0.3) is 22.6 Å². The molecule has 0 unspecified atom stereocenters. The highest BCUT2D eigenvalue weighted by Crippen LogP contribution is 2.37. The number of methoxy groups -OCH3 is 1. The van der Waals surface area contributed by atoms with Gasteiger partial charge in [-0.15, -0.1) is 0 Å². The van der Waals surface area contributed by atoms with Crippen LogP contribution in [0.1, 0.15) is 5.56 Å². The van der Waals surface area contributed by atoms with Crippen molar-refractivity contribution in [1.29, 1.82) is 0 Å². The zero-order valence-corrected chi connectivity index (χ0v) is 13.5. The van der Waals surface area contributed by atoms with E-state index in [1.54, 1.807) is 7.11 Å². The predicted octanol–water partition coefficient (Wildman–Crippen LogP) is 4.27. The summed E-state index contributed by atoms with van der Waals surface area (Å²) in [5.41, 5.74) is 2.93. The largest absolute Gasteiger partial charge is 0.496 e. The molecule has 0 atom stereocenters. The lowest BCUT2D eigenvalue weighted by Crippen LogP contribution is -1.91. The molecule has 22 heavy (non-hydrogen) atoms. The molecule has 4 nitrogen and oxygen atoms in total. The van der Waals surface area contributed by atoms with Gasteiger partial charge in [-0.25, -0.2) is 0 Å². The summed E-state index contributed by atoms with van der Waals surface area (Å²) in [5.74, 6) is 1.20. The van der Waals surface area contributed by atoms with E-state index in [1.807, 2.05) is 48.5 Å². The minimum absolute atomic E-state index is 0.164. The highest BCUT2D eigenvalue weighted by Gasteiger charge is 2.20. The first kappa shape index (κ1) is 14.8. The van der Waals surface area contributed by atoms with Crippen LogP contribution in [-0.2, 0) is 6.61 Å². The van der Waals surface area contributed by atoms with Crippen LogP contribution in [0.5, 0.6) is 5.75 Å². The lowest BCUT2D eigenvalue weighted by molar-refractivity contribution is 0.281. The fraction of sp³-hybridized carbons (Fsp3) is 0.118. The van der Waals surface area contributed by atoms with Crippen LogP contribution in [0.15, 0.2) is 57.5 Å². The zero-order chi connectivity index (χ0) is 15.5. The molecule has 0 amide bonds. The average molecular weight is 360 g/mol. The second kappa shape index (κ2) is 6.34. The Labute approximate surface area is 136 Å². The van der Waals surface area contributed by atoms with Crippen molar-refractivity contribution in [3.05, 3.63) is 58.6 Å². The van der Waals surface area contributed by atoms with E-state index in [-0.39, 0.29) is 6.61 Å². The Bertz CT molecular complexity index is 781. The van der Waals surface area contributed by atoms with Crippen molar-refractivity contribution in [2.75, 3.05) is 7.11 Å². The monoisotopic (exact) mass is 359 g/mol. The summed E-state index contributed by atoms with van der Waals surface area (Å²) >= 11 is 3.40. The molecule has 0 fully saturated rings. The Morgan fingerprint density at radius 1 is 1.14 bits per heavy atom. The highest BCUT2D eigenvalue weighted by atomic mass is 79.9. The minimum Gasteiger partial charge on any atom is -0.496 e. The fourth-order valence-corrected chi connectivity index (χ4v) is 2.60. The molecule has 3 rings (SSSR count). The van der Waals surface area contributed by atoms with E-state index in [0.717, 1.165) is 15.6 Å². The van der Waals surface area contributed by atoms with Crippen molar-refractivity contribution in [3.63, 3.8) is 0 Å². The molecule has 0 saturated heterocycles. The number of para-hydroxylation sites is 1. The van der Waals surface area contributed by atoms with Crippen LogP contribution >= 0.6 is 15.9 Å². The van der Waals surface area contributed by atoms with Gasteiger partial charge in [-0.1, -0.05) is 45.4 Å². The zero-order valence-electron chi connectivity index (χ0n) is 11.9. The normalized spacial score (nSPS) is 10.7. The second-order valence-corrected chi connectivity index (χ2v) is 5.62. The lowest BCUT2D eigenvalue weighted by atomic mass is 10.0. The molecule has 2 aromatic carbocycles. The van der Waals surface area contributed by atoms with Crippen molar-refractivity contribution in [2.45, 2.75) is 6.61 Å². The molecule has 0 aliphatic carbocycles. The summed E-state index contributed by atoms with van der Waals surface area (Å²) in [4.78, 5) is 0. The number of halogens is 1. The van der Waals surface area contributed by atoms with Crippen LogP contribution in [-0.4, -0.2) is 17.4 Å². The van der Waals surface area contributed by atoms with E-state index in [4.69, 9.17) is 9.26 Å². The van der Waals surface area contributed by atoms with E-state index in [9.17, 15) is 5.11 Å². The van der Waals surface area contributed by atoms with Gasteiger partial charge in [0.2, 0.25) is 0 Å². The van der Waals surface area contributed by atoms with E-state index < -0.39 is 0 Å². The first-order chi connectivity index (χ1) is 10.7. The van der Waals surface area contributed by atoms with Gasteiger partial charge in [-0.3, -0.25) is 0 Å². The molecule has 0 radical (unpaired) electrons. The Hall–Kier alpha value is -2.11. The van der Waals surface area contributed by atoms with Crippen LogP contribution in [0.2, 0.25) is 0 Å². The molecule has 5 heteroatoms. The van der Waals surface area contributed by atoms with E-state index in [0.29, 0.717) is 22.8 Å². The van der Waals surface area contributed by atoms with Gasteiger partial charge in [0.25, 0.3) is 0 Å². The van der Waals surface area contributed by atoms with Gasteiger partial charge >= 0.3 is 0 Å². The summed E-state index contributed by atoms with van der Waals surface area (Å²) in [6, 6.07) is 15.2. The summed E-state index contributed by atoms with van der Waals surface area (Å²) in [7, 11) is 1.60. The van der Waals surface area contributed by atoms with Crippen molar-refractivity contribution in [1.82, 2.24) is 5.16 Å². The van der Waals surface area contributed by atoms with Gasteiger partial charge in [-0.05, 0) is 24.3 Å². The van der Waals surface area contributed by atoms with E-state index in [1.165, 1.54) is 0 Å². The molecule has 0 aliphatic heterocycles. The number of aromatic nitrogens is 1. The molecule has 0 spiro atoms. The summed E-state index contributed by atoms with van der Waals surface area (Å²) in [5, 5.41) is 13.9. The van der Waals surface area contributed by atoms with Crippen LogP contribution in [0.4, 0.5) is 0 Å². The Balaban J connectivity index is 2.13. The third-order valence-electron chi connectivity index (χ3n) is 3.42. The van der Waals surface area contributed by atoms with Gasteiger partial charge < -0.3 is 14.4 Å². The maximum Gasteiger partial charge on any atom is 0.176 e. The predicted molar refractivity (Wildman–Crippen MR) is 87.5 cm³/mol. The number of hydrogen-bond acceptors (Lipinski definition) is 4. The first-order valence-corrected chi connectivity index (χ1v) is 7.52. The van der Waals surface area contributed by atoms with Crippen molar-refractivity contribution in [2.24, 2.45) is 0 Å². The van der Waals surface area contributed by atoms with Crippen molar-refractivity contribution in [3.8, 4) is 28.3 Å². The quantitative estimate of drug-likeness (QED) is 0.755. The van der Waals surface area contributed by atoms with Crippen molar-refractivity contribution < 1.29 is 14.4 Å². The Morgan fingerprint density at radius 3 is 2.55 bits per heavy atom. The average Bonchev–Trinajstić information content (AvgIpc) is 2.99. The summed E-state index contributed by atoms with van der Waals surface area (Å²) < 4.78 is 11.8. The van der Waals surface area contributed by atoms with Gasteiger partial charge in [0.05, 0.1) is 24.8 Å². The van der Waals surface area contributed by atoms with Gasteiger partial charge in [-0.2, -0.15) is 0 Å². The summed E-state index contributed by atoms with van der Waals surface area (Å²) in [6.07, 6.45) is 0. The molecule has 1 aromatic heterocycles. The molecule has 1 N–H and O–H groups in total. The molecular weight excluding hydrogens is 346 g/mol. The maximum atomic E-state index is 9.78. The van der Waals surface area contributed by atoms with Crippen LogP contribution in [0.3, 0.4) is 0 Å². The van der Waals surface area contributed by atoms with Gasteiger partial charge in [0.15, 0.2) is 5.76 Å². The Kier molecular flexibility index (Phi) is 4.27. The van der Waals surface area contributed by atoms with Gasteiger partial charge in [0.1, 0.15) is 11.4 Å². The standard InChI is InChI=1S/C17H14BrNO3/c1-21-15-5-3-2-4-13(15)17-14(10-20)16(19-22-17)11-6-8-12(18)9-7-11/h2-9,20H,10H2,1H3. The third-order valence-corrected chi connectivity index (χ3v) is 3.94. The molecular formula is C17H14BrNO3. The molecule has 0 bridgehead atoms. The SMILES string of the molecule is COc1ccccc1-c1onc(-c2ccc(Br)cc2)c1CO. The van der Waals surface area contributed by atoms with Crippen LogP contribution in [0, 0.1) is 0 Å². The van der Waals surface area contributed by atoms with Crippen molar-refractivity contribution >= 4 is 15.9 Å². The smallest absolute Gasteiger partial charge is 0.176 e. The third kappa shape index (κ3) is 2.65. The first-order valence-electron chi connectivity index (χ1n) is 6.73. The number of nitrogens with zero attached hydrogens (tertiary/aromatic N) is 1. The molecule has 1 heterocycles. The summed E-state index contributed by atoms with van der Waals surface area (Å²) in [6.45, 7) is -0.164. The van der Waals surface area contributed by atoms with E-state index >= 15 is 0 Å². The molecule has 0 saturated carbocycles. The molecule has 0 aliphatic rings. The number of aliphatic hydroxyl groups is 1. The fourth-order valence-electron chi connectivity index (χ4n) is 2.33. The number of hydrogen-bond donors (Lipinski definition) is 1. The lowest BCUT2D eigenvalue weighted by Gasteiger charge is -2.06. The molecule has 112 valence electrons.